The molecule has 2 atom stereocenters. The van der Waals surface area contributed by atoms with E-state index < -0.39 is 35.2 Å². The minimum Gasteiger partial charge on any atom is -0.432 e. The van der Waals surface area contributed by atoms with Crippen LogP contribution in [0.4, 0.5) is 22.0 Å². The van der Waals surface area contributed by atoms with Gasteiger partial charge in [-0.2, -0.15) is 8.78 Å². The largest absolute Gasteiger partial charge is 0.432 e. The van der Waals surface area contributed by atoms with Gasteiger partial charge in [0.05, 0.1) is 24.7 Å². The van der Waals surface area contributed by atoms with E-state index in [-0.39, 0.29) is 31.0 Å². The molecule has 1 aromatic rings. The molecule has 27 heavy (non-hydrogen) atoms. The molecule has 2 fully saturated rings. The first-order valence-electron chi connectivity index (χ1n) is 8.93. The van der Waals surface area contributed by atoms with Gasteiger partial charge in [-0.05, 0) is 57.4 Å². The third-order valence-electron chi connectivity index (χ3n) is 5.40. The molecule has 1 aromatic carbocycles. The maximum absolute atomic E-state index is 14.4. The molecule has 0 amide bonds. The molecular weight excluding hydrogens is 391 g/mol. The maximum atomic E-state index is 14.4. The van der Waals surface area contributed by atoms with E-state index in [2.05, 4.69) is 17.6 Å². The standard InChI is InChI=1S/C18H21F5O3S/c19-14-7-13(8-15(20)17(14)21)25-18(22,23)11-3-1-10(2-4-11)16-6-5-12(26-27)9-24-16/h7-8,10-12,16,27H,1-6,9H2. The van der Waals surface area contributed by atoms with Gasteiger partial charge in [-0.3, -0.25) is 0 Å². The summed E-state index contributed by atoms with van der Waals surface area (Å²) in [6.07, 6.45) is -0.515. The van der Waals surface area contributed by atoms with Crippen LogP contribution in [0, 0.1) is 29.3 Å². The van der Waals surface area contributed by atoms with Crippen LogP contribution in [0.3, 0.4) is 0 Å². The molecule has 1 saturated carbocycles. The lowest BCUT2D eigenvalue weighted by molar-refractivity contribution is -0.225. The van der Waals surface area contributed by atoms with Gasteiger partial charge in [-0.15, -0.1) is 0 Å². The van der Waals surface area contributed by atoms with E-state index in [1.54, 1.807) is 0 Å². The van der Waals surface area contributed by atoms with Gasteiger partial charge in [0.15, 0.2) is 17.5 Å². The number of alkyl halides is 2. The van der Waals surface area contributed by atoms with Crippen molar-refractivity contribution in [2.24, 2.45) is 11.8 Å². The first-order chi connectivity index (χ1) is 12.8. The Labute approximate surface area is 159 Å². The highest BCUT2D eigenvalue weighted by Gasteiger charge is 2.45. The van der Waals surface area contributed by atoms with Gasteiger partial charge < -0.3 is 13.7 Å². The zero-order valence-electron chi connectivity index (χ0n) is 14.5. The summed E-state index contributed by atoms with van der Waals surface area (Å²) in [5, 5.41) is 0. The summed E-state index contributed by atoms with van der Waals surface area (Å²) in [5.74, 6) is -6.48. The van der Waals surface area contributed by atoms with Crippen LogP contribution in [0.1, 0.15) is 38.5 Å². The van der Waals surface area contributed by atoms with E-state index in [1.807, 2.05) is 0 Å². The lowest BCUT2D eigenvalue weighted by atomic mass is 9.77. The van der Waals surface area contributed by atoms with E-state index in [0.29, 0.717) is 31.6 Å². The van der Waals surface area contributed by atoms with Crippen LogP contribution >= 0.6 is 12.9 Å². The number of halogens is 5. The first kappa shape index (κ1) is 20.7. The van der Waals surface area contributed by atoms with Crippen molar-refractivity contribution < 1.29 is 35.6 Å². The molecule has 0 aromatic heterocycles. The van der Waals surface area contributed by atoms with Crippen molar-refractivity contribution in [2.75, 3.05) is 6.61 Å². The minimum atomic E-state index is -3.60. The Bertz CT molecular complexity index is 621. The lowest BCUT2D eigenvalue weighted by Gasteiger charge is -2.38. The second kappa shape index (κ2) is 8.53. The fourth-order valence-corrected chi connectivity index (χ4v) is 4.03. The molecule has 0 bridgehead atoms. The fourth-order valence-electron chi connectivity index (χ4n) is 3.86. The molecule has 3 nitrogen and oxygen atoms in total. The molecule has 9 heteroatoms. The average Bonchev–Trinajstić information content (AvgIpc) is 2.66. The number of thiol groups is 1. The molecule has 1 aliphatic heterocycles. The summed E-state index contributed by atoms with van der Waals surface area (Å²) in [7, 11) is 0. The Morgan fingerprint density at radius 3 is 2.11 bits per heavy atom. The second-order valence-corrected chi connectivity index (χ2v) is 7.36. The summed E-state index contributed by atoms with van der Waals surface area (Å²) in [4.78, 5) is 0. The summed E-state index contributed by atoms with van der Waals surface area (Å²) < 4.78 is 83.4. The zero-order chi connectivity index (χ0) is 19.6. The van der Waals surface area contributed by atoms with Gasteiger partial charge in [0.2, 0.25) is 0 Å². The molecule has 152 valence electrons. The van der Waals surface area contributed by atoms with Gasteiger partial charge in [0.1, 0.15) is 5.75 Å². The topological polar surface area (TPSA) is 27.7 Å². The van der Waals surface area contributed by atoms with E-state index in [1.165, 1.54) is 0 Å². The third-order valence-corrected chi connectivity index (χ3v) is 5.70. The van der Waals surface area contributed by atoms with Crippen LogP contribution in [-0.2, 0) is 8.92 Å². The Hall–Kier alpha value is -1.06. The van der Waals surface area contributed by atoms with Gasteiger partial charge in [0, 0.05) is 12.1 Å². The van der Waals surface area contributed by atoms with Gasteiger partial charge in [-0.1, -0.05) is 0 Å². The van der Waals surface area contributed by atoms with Gasteiger partial charge in [-0.25, -0.2) is 13.2 Å². The van der Waals surface area contributed by atoms with Crippen LogP contribution in [0.5, 0.6) is 5.75 Å². The Kier molecular flexibility index (Phi) is 6.53. The minimum absolute atomic E-state index is 0.0144. The highest BCUT2D eigenvalue weighted by atomic mass is 32.1. The van der Waals surface area contributed by atoms with Crippen molar-refractivity contribution >= 4 is 12.9 Å². The van der Waals surface area contributed by atoms with Crippen molar-refractivity contribution in [2.45, 2.75) is 56.8 Å². The van der Waals surface area contributed by atoms with Crippen molar-refractivity contribution in [3.8, 4) is 5.75 Å². The molecule has 2 aliphatic rings. The molecule has 0 spiro atoms. The highest BCUT2D eigenvalue weighted by Crippen LogP contribution is 2.42. The lowest BCUT2D eigenvalue weighted by Crippen LogP contribution is -2.41. The van der Waals surface area contributed by atoms with Crippen LogP contribution in [0.15, 0.2) is 12.1 Å². The molecule has 1 aliphatic carbocycles. The molecule has 1 heterocycles. The Morgan fingerprint density at radius 2 is 1.59 bits per heavy atom. The number of hydrogen-bond acceptors (Lipinski definition) is 4. The quantitative estimate of drug-likeness (QED) is 0.308. The van der Waals surface area contributed by atoms with Crippen LogP contribution in [0.25, 0.3) is 0 Å². The third kappa shape index (κ3) is 4.86. The number of rotatable bonds is 5. The van der Waals surface area contributed by atoms with Crippen LogP contribution < -0.4 is 4.74 Å². The maximum Gasteiger partial charge on any atom is 0.400 e. The van der Waals surface area contributed by atoms with E-state index in [4.69, 9.17) is 8.92 Å². The summed E-state index contributed by atoms with van der Waals surface area (Å²) in [5.41, 5.74) is 0. The Balaban J connectivity index is 1.55. The Morgan fingerprint density at radius 1 is 0.963 bits per heavy atom. The van der Waals surface area contributed by atoms with Gasteiger partial charge in [0.25, 0.3) is 0 Å². The summed E-state index contributed by atoms with van der Waals surface area (Å²) in [6.45, 7) is 0.440. The van der Waals surface area contributed by atoms with Crippen LogP contribution in [-0.4, -0.2) is 24.9 Å². The normalized spacial score (nSPS) is 29.6. The van der Waals surface area contributed by atoms with Gasteiger partial charge >= 0.3 is 6.11 Å². The molecular formula is C18H21F5O3S. The van der Waals surface area contributed by atoms with Crippen molar-refractivity contribution in [1.29, 1.82) is 0 Å². The smallest absolute Gasteiger partial charge is 0.400 e. The number of benzene rings is 1. The summed E-state index contributed by atoms with van der Waals surface area (Å²) in [6, 6.07) is 0.849. The molecule has 0 radical (unpaired) electrons. The predicted octanol–water partition coefficient (Wildman–Crippen LogP) is 5.29. The second-order valence-electron chi connectivity index (χ2n) is 7.15. The average molecular weight is 412 g/mol. The number of ether oxygens (including phenoxy) is 2. The molecule has 3 rings (SSSR count). The first-order valence-corrected chi connectivity index (χ1v) is 9.30. The van der Waals surface area contributed by atoms with E-state index >= 15 is 0 Å². The monoisotopic (exact) mass is 412 g/mol. The number of hydrogen-bond donors (Lipinski definition) is 1. The highest BCUT2D eigenvalue weighted by molar-refractivity contribution is 7.75. The van der Waals surface area contributed by atoms with Crippen molar-refractivity contribution in [3.63, 3.8) is 0 Å². The van der Waals surface area contributed by atoms with E-state index in [0.717, 1.165) is 12.8 Å². The van der Waals surface area contributed by atoms with Crippen molar-refractivity contribution in [3.05, 3.63) is 29.6 Å². The zero-order valence-corrected chi connectivity index (χ0v) is 15.4. The van der Waals surface area contributed by atoms with Crippen molar-refractivity contribution in [1.82, 2.24) is 0 Å². The summed E-state index contributed by atoms with van der Waals surface area (Å²) >= 11 is 3.78. The molecule has 1 saturated heterocycles. The molecule has 2 unspecified atom stereocenters. The predicted molar refractivity (Wildman–Crippen MR) is 90.2 cm³/mol. The van der Waals surface area contributed by atoms with Crippen LogP contribution in [0.2, 0.25) is 0 Å². The molecule has 0 N–H and O–H groups in total. The fraction of sp³-hybridized carbons (Fsp3) is 0.667. The SMILES string of the molecule is Fc1cc(OC(F)(F)C2CCC(C3CCC(OS)CO3)CC2)cc(F)c1F. The van der Waals surface area contributed by atoms with E-state index in [9.17, 15) is 22.0 Å².